The molecule has 0 saturated carbocycles. The van der Waals surface area contributed by atoms with Crippen LogP contribution in [0.4, 0.5) is 5.82 Å². The Morgan fingerprint density at radius 1 is 1.47 bits per heavy atom. The second-order valence-corrected chi connectivity index (χ2v) is 4.88. The molecule has 1 heterocycles. The molecule has 17 heavy (non-hydrogen) atoms. The van der Waals surface area contributed by atoms with Crippen LogP contribution in [0, 0.1) is 0 Å². The highest BCUT2D eigenvalue weighted by Crippen LogP contribution is 2.31. The maximum atomic E-state index is 5.94. The molecule has 0 saturated heterocycles. The average molecular weight is 316 g/mol. The molecule has 0 amide bonds. The summed E-state index contributed by atoms with van der Waals surface area (Å²) in [5, 5.41) is 0.648. The van der Waals surface area contributed by atoms with Crippen LogP contribution in [-0.2, 0) is 6.42 Å². The van der Waals surface area contributed by atoms with Crippen LogP contribution in [0.3, 0.4) is 0 Å². The molecule has 1 aromatic heterocycles. The molecule has 1 aromatic carbocycles. The first-order chi connectivity index (χ1) is 8.04. The van der Waals surface area contributed by atoms with Crippen molar-refractivity contribution in [3.8, 4) is 11.3 Å². The Hall–Kier alpha value is -1.20. The molecule has 0 spiro atoms. The van der Waals surface area contributed by atoms with Crippen LogP contribution in [0.1, 0.15) is 12.7 Å². The van der Waals surface area contributed by atoms with Gasteiger partial charge in [0.25, 0.3) is 0 Å². The number of benzene rings is 1. The van der Waals surface area contributed by atoms with E-state index >= 15 is 0 Å². The summed E-state index contributed by atoms with van der Waals surface area (Å²) >= 11 is 9.31. The highest BCUT2D eigenvalue weighted by Gasteiger charge is 2.14. The van der Waals surface area contributed by atoms with Crippen LogP contribution >= 0.6 is 27.5 Å². The molecule has 0 aliphatic carbocycles. The number of imidazole rings is 1. The van der Waals surface area contributed by atoms with Crippen molar-refractivity contribution < 1.29 is 0 Å². The molecular formula is C11H12BrClN4. The van der Waals surface area contributed by atoms with E-state index in [1.807, 2.05) is 19.1 Å². The van der Waals surface area contributed by atoms with Crippen molar-refractivity contribution in [3.63, 3.8) is 0 Å². The summed E-state index contributed by atoms with van der Waals surface area (Å²) in [5.41, 5.74) is 7.50. The summed E-state index contributed by atoms with van der Waals surface area (Å²) in [4.78, 5) is 4.42. The largest absolute Gasteiger partial charge is 0.382 e. The summed E-state index contributed by atoms with van der Waals surface area (Å²) < 4.78 is 2.22. The summed E-state index contributed by atoms with van der Waals surface area (Å²) in [5.74, 6) is 7.02. The number of halogens is 2. The minimum Gasteiger partial charge on any atom is -0.382 e. The minimum absolute atomic E-state index is 0.455. The van der Waals surface area contributed by atoms with Gasteiger partial charge in [-0.1, -0.05) is 24.6 Å². The van der Waals surface area contributed by atoms with E-state index in [4.69, 9.17) is 23.2 Å². The standard InChI is InChI=1S/C11H12BrClN4/c1-2-9-16-10(11(14)17(9)15)6-3-4-8(13)7(12)5-6/h3-5H,2,14-15H2,1H3. The lowest BCUT2D eigenvalue weighted by Gasteiger charge is -2.02. The van der Waals surface area contributed by atoms with Gasteiger partial charge in [0.15, 0.2) is 5.82 Å². The molecule has 2 aromatic rings. The molecule has 0 aliphatic rings. The van der Waals surface area contributed by atoms with E-state index in [0.717, 1.165) is 22.3 Å². The Kier molecular flexibility index (Phi) is 3.31. The van der Waals surface area contributed by atoms with Gasteiger partial charge >= 0.3 is 0 Å². The second kappa shape index (κ2) is 4.58. The number of aromatic nitrogens is 2. The van der Waals surface area contributed by atoms with Gasteiger partial charge in [0, 0.05) is 16.5 Å². The fraction of sp³-hybridized carbons (Fsp3) is 0.182. The SMILES string of the molecule is CCc1nc(-c2ccc(Cl)c(Br)c2)c(N)n1N. The Morgan fingerprint density at radius 2 is 2.18 bits per heavy atom. The molecule has 90 valence electrons. The Morgan fingerprint density at radius 3 is 2.71 bits per heavy atom. The van der Waals surface area contributed by atoms with Crippen molar-refractivity contribution in [1.82, 2.24) is 9.66 Å². The van der Waals surface area contributed by atoms with Crippen LogP contribution < -0.4 is 11.6 Å². The Balaban J connectivity index is 2.56. The molecule has 0 atom stereocenters. The number of rotatable bonds is 2. The second-order valence-electron chi connectivity index (χ2n) is 3.61. The smallest absolute Gasteiger partial charge is 0.150 e. The fourth-order valence-electron chi connectivity index (χ4n) is 1.60. The van der Waals surface area contributed by atoms with Gasteiger partial charge in [-0.3, -0.25) is 0 Å². The van der Waals surface area contributed by atoms with E-state index in [1.165, 1.54) is 4.68 Å². The van der Waals surface area contributed by atoms with E-state index in [2.05, 4.69) is 20.9 Å². The lowest BCUT2D eigenvalue weighted by atomic mass is 10.1. The first-order valence-corrected chi connectivity index (χ1v) is 6.29. The molecule has 0 radical (unpaired) electrons. The van der Waals surface area contributed by atoms with Crippen molar-refractivity contribution in [2.24, 2.45) is 0 Å². The number of aryl methyl sites for hydroxylation is 1. The normalized spacial score (nSPS) is 10.8. The number of hydrogen-bond donors (Lipinski definition) is 2. The third kappa shape index (κ3) is 2.12. The van der Waals surface area contributed by atoms with Crippen LogP contribution in [0.5, 0.6) is 0 Å². The van der Waals surface area contributed by atoms with E-state index in [1.54, 1.807) is 6.07 Å². The lowest BCUT2D eigenvalue weighted by Crippen LogP contribution is -2.14. The molecule has 0 aliphatic heterocycles. The third-order valence-electron chi connectivity index (χ3n) is 2.53. The Labute approximate surface area is 113 Å². The van der Waals surface area contributed by atoms with Crippen molar-refractivity contribution in [2.45, 2.75) is 13.3 Å². The topological polar surface area (TPSA) is 69.9 Å². The maximum absolute atomic E-state index is 5.94. The first-order valence-electron chi connectivity index (χ1n) is 5.12. The summed E-state index contributed by atoms with van der Waals surface area (Å²) in [6.45, 7) is 1.98. The number of nitrogens with two attached hydrogens (primary N) is 2. The lowest BCUT2D eigenvalue weighted by molar-refractivity contribution is 0.865. The molecule has 2 rings (SSSR count). The zero-order valence-electron chi connectivity index (χ0n) is 9.24. The molecular weight excluding hydrogens is 304 g/mol. The molecule has 4 nitrogen and oxygen atoms in total. The van der Waals surface area contributed by atoms with Gasteiger partial charge in [-0.15, -0.1) is 0 Å². The van der Waals surface area contributed by atoms with Gasteiger partial charge in [-0.25, -0.2) is 9.66 Å². The zero-order valence-corrected chi connectivity index (χ0v) is 11.6. The quantitative estimate of drug-likeness (QED) is 0.837. The van der Waals surface area contributed by atoms with Gasteiger partial charge < -0.3 is 11.6 Å². The van der Waals surface area contributed by atoms with Gasteiger partial charge in [0.2, 0.25) is 0 Å². The molecule has 0 unspecified atom stereocenters. The molecule has 0 fully saturated rings. The van der Waals surface area contributed by atoms with Crippen LogP contribution in [0.15, 0.2) is 22.7 Å². The molecule has 0 bridgehead atoms. The summed E-state index contributed by atoms with van der Waals surface area (Å²) in [6, 6.07) is 5.53. The van der Waals surface area contributed by atoms with Crippen LogP contribution in [0.2, 0.25) is 5.02 Å². The number of nitrogens with zero attached hydrogens (tertiary/aromatic N) is 2. The highest BCUT2D eigenvalue weighted by atomic mass is 79.9. The van der Waals surface area contributed by atoms with E-state index < -0.39 is 0 Å². The van der Waals surface area contributed by atoms with Crippen molar-refractivity contribution in [2.75, 3.05) is 11.6 Å². The Bertz CT molecular complexity index is 565. The van der Waals surface area contributed by atoms with Gasteiger partial charge in [-0.2, -0.15) is 0 Å². The fourth-order valence-corrected chi connectivity index (χ4v) is 2.09. The van der Waals surface area contributed by atoms with Crippen molar-refractivity contribution in [1.29, 1.82) is 0 Å². The van der Waals surface area contributed by atoms with E-state index in [-0.39, 0.29) is 0 Å². The first kappa shape index (κ1) is 12.3. The minimum atomic E-state index is 0.455. The van der Waals surface area contributed by atoms with Gasteiger partial charge in [-0.05, 0) is 28.1 Å². The third-order valence-corrected chi connectivity index (χ3v) is 3.74. The number of anilines is 1. The molecule has 6 heteroatoms. The number of nitrogen functional groups attached to an aromatic ring is 2. The summed E-state index contributed by atoms with van der Waals surface area (Å²) in [7, 11) is 0. The molecule has 4 N–H and O–H groups in total. The van der Waals surface area contributed by atoms with E-state index in [0.29, 0.717) is 16.5 Å². The summed E-state index contributed by atoms with van der Waals surface area (Å²) in [6.07, 6.45) is 0.732. The monoisotopic (exact) mass is 314 g/mol. The van der Waals surface area contributed by atoms with Crippen LogP contribution in [0.25, 0.3) is 11.3 Å². The maximum Gasteiger partial charge on any atom is 0.150 e. The zero-order chi connectivity index (χ0) is 12.6. The van der Waals surface area contributed by atoms with Crippen molar-refractivity contribution >= 4 is 33.3 Å². The van der Waals surface area contributed by atoms with E-state index in [9.17, 15) is 0 Å². The predicted octanol–water partition coefficient (Wildman–Crippen LogP) is 2.82. The highest BCUT2D eigenvalue weighted by molar-refractivity contribution is 9.10. The van der Waals surface area contributed by atoms with Crippen LogP contribution in [-0.4, -0.2) is 9.66 Å². The average Bonchev–Trinajstić information content (AvgIpc) is 2.60. The van der Waals surface area contributed by atoms with Crippen molar-refractivity contribution in [3.05, 3.63) is 33.5 Å². The predicted molar refractivity (Wildman–Crippen MR) is 74.3 cm³/mol. The van der Waals surface area contributed by atoms with Gasteiger partial charge in [0.05, 0.1) is 5.02 Å². The van der Waals surface area contributed by atoms with Gasteiger partial charge in [0.1, 0.15) is 11.5 Å². The number of hydrogen-bond acceptors (Lipinski definition) is 3.